The van der Waals surface area contributed by atoms with Gasteiger partial charge in [-0.3, -0.25) is 4.79 Å². The number of hydrogen-bond donors (Lipinski definition) is 1. The number of nitrogens with two attached hydrogens (primary N) is 1. The maximum atomic E-state index is 12.5. The van der Waals surface area contributed by atoms with Crippen LogP contribution in [0.5, 0.6) is 0 Å². The number of likely N-dealkylation sites (tertiary alicyclic amines) is 1. The van der Waals surface area contributed by atoms with E-state index in [1.165, 1.54) is 0 Å². The molecule has 0 saturated carbocycles. The van der Waals surface area contributed by atoms with Crippen molar-refractivity contribution in [3.05, 3.63) is 0 Å². The lowest BCUT2D eigenvalue weighted by molar-refractivity contribution is -0.142. The zero-order valence-electron chi connectivity index (χ0n) is 12.3. The van der Waals surface area contributed by atoms with Crippen LogP contribution in [0.3, 0.4) is 0 Å². The largest absolute Gasteiger partial charge is 0.382 e. The van der Waals surface area contributed by atoms with E-state index in [9.17, 15) is 9.59 Å². The first-order chi connectivity index (χ1) is 8.79. The quantitative estimate of drug-likeness (QED) is 0.816. The van der Waals surface area contributed by atoms with Crippen molar-refractivity contribution < 1.29 is 14.3 Å². The summed E-state index contributed by atoms with van der Waals surface area (Å²) in [6, 6.07) is -0.448. The summed E-state index contributed by atoms with van der Waals surface area (Å²) in [5, 5.41) is 0. The number of carbonyl (C=O) groups is 2. The minimum atomic E-state index is -0.448. The molecule has 1 aliphatic heterocycles. The van der Waals surface area contributed by atoms with E-state index >= 15 is 0 Å². The number of methoxy groups -OCH3 is 1. The summed E-state index contributed by atoms with van der Waals surface area (Å²) >= 11 is 0. The van der Waals surface area contributed by atoms with E-state index in [1.54, 1.807) is 24.0 Å². The molecule has 1 unspecified atom stereocenters. The second-order valence-electron chi connectivity index (χ2n) is 5.77. The summed E-state index contributed by atoms with van der Waals surface area (Å²) in [6.45, 7) is 5.46. The molecule has 6 heteroatoms. The normalized spacial score (nSPS) is 20.2. The molecule has 0 aliphatic carbocycles. The lowest BCUT2D eigenvalue weighted by atomic mass is 9.94. The second kappa shape index (κ2) is 6.23. The fourth-order valence-corrected chi connectivity index (χ4v) is 2.40. The highest BCUT2D eigenvalue weighted by Crippen LogP contribution is 2.22. The molecule has 6 nitrogen and oxygen atoms in total. The van der Waals surface area contributed by atoms with Gasteiger partial charge in [-0.1, -0.05) is 0 Å². The summed E-state index contributed by atoms with van der Waals surface area (Å²) in [7, 11) is 3.40. The predicted molar refractivity (Wildman–Crippen MR) is 72.6 cm³/mol. The number of rotatable bonds is 4. The van der Waals surface area contributed by atoms with Crippen LogP contribution in [-0.4, -0.2) is 61.1 Å². The molecule has 2 N–H and O–H groups in total. The molecule has 0 radical (unpaired) electrons. The number of carbonyl (C=O) groups excluding carboxylic acids is 2. The van der Waals surface area contributed by atoms with Gasteiger partial charge in [-0.2, -0.15) is 0 Å². The Kier molecular flexibility index (Phi) is 5.17. The average molecular weight is 271 g/mol. The maximum Gasteiger partial charge on any atom is 0.314 e. The van der Waals surface area contributed by atoms with Crippen LogP contribution in [0.2, 0.25) is 0 Å². The van der Waals surface area contributed by atoms with Gasteiger partial charge in [0.05, 0.1) is 18.1 Å². The van der Waals surface area contributed by atoms with Gasteiger partial charge in [0.2, 0.25) is 5.91 Å². The van der Waals surface area contributed by atoms with Crippen LogP contribution in [0.15, 0.2) is 0 Å². The van der Waals surface area contributed by atoms with Gasteiger partial charge in [-0.05, 0) is 26.7 Å². The Labute approximate surface area is 114 Å². The molecule has 1 saturated heterocycles. The monoisotopic (exact) mass is 271 g/mol. The lowest BCUT2D eigenvalue weighted by Gasteiger charge is -2.39. The van der Waals surface area contributed by atoms with Crippen LogP contribution in [0.25, 0.3) is 0 Å². The number of primary amides is 1. The van der Waals surface area contributed by atoms with Crippen LogP contribution >= 0.6 is 0 Å². The molecule has 0 aromatic rings. The van der Waals surface area contributed by atoms with Crippen LogP contribution in [0.4, 0.5) is 4.79 Å². The third-order valence-electron chi connectivity index (χ3n) is 3.82. The minimum absolute atomic E-state index is 0.0491. The van der Waals surface area contributed by atoms with E-state index in [0.717, 1.165) is 12.8 Å². The molecule has 3 amide bonds. The van der Waals surface area contributed by atoms with E-state index in [4.69, 9.17) is 10.5 Å². The summed E-state index contributed by atoms with van der Waals surface area (Å²) < 4.78 is 5.15. The van der Waals surface area contributed by atoms with Crippen LogP contribution in [0, 0.1) is 5.92 Å². The molecule has 0 bridgehead atoms. The van der Waals surface area contributed by atoms with E-state index in [-0.39, 0.29) is 17.4 Å². The zero-order chi connectivity index (χ0) is 14.6. The first-order valence-corrected chi connectivity index (χ1v) is 6.60. The Bertz CT molecular complexity index is 344. The topological polar surface area (TPSA) is 75.9 Å². The summed E-state index contributed by atoms with van der Waals surface area (Å²) in [6.07, 6.45) is 1.62. The van der Waals surface area contributed by atoms with E-state index in [1.807, 2.05) is 13.8 Å². The Morgan fingerprint density at radius 1 is 1.47 bits per heavy atom. The molecule has 1 fully saturated rings. The van der Waals surface area contributed by atoms with Gasteiger partial charge >= 0.3 is 6.03 Å². The van der Waals surface area contributed by atoms with E-state index in [2.05, 4.69) is 0 Å². The predicted octanol–water partition coefficient (Wildman–Crippen LogP) is 0.661. The molecular weight excluding hydrogens is 246 g/mol. The van der Waals surface area contributed by atoms with Crippen molar-refractivity contribution in [1.82, 2.24) is 9.80 Å². The fraction of sp³-hybridized carbons (Fsp3) is 0.846. The van der Waals surface area contributed by atoms with Crippen LogP contribution in [-0.2, 0) is 9.53 Å². The maximum absolute atomic E-state index is 12.5. The average Bonchev–Trinajstić information content (AvgIpc) is 2.37. The molecule has 110 valence electrons. The first kappa shape index (κ1) is 15.8. The summed E-state index contributed by atoms with van der Waals surface area (Å²) in [5.74, 6) is -0.115. The molecule has 1 rings (SSSR count). The minimum Gasteiger partial charge on any atom is -0.382 e. The van der Waals surface area contributed by atoms with Gasteiger partial charge in [-0.15, -0.1) is 0 Å². The van der Waals surface area contributed by atoms with E-state index < -0.39 is 6.03 Å². The highest BCUT2D eigenvalue weighted by Gasteiger charge is 2.34. The van der Waals surface area contributed by atoms with Crippen LogP contribution in [0.1, 0.15) is 26.7 Å². The smallest absolute Gasteiger partial charge is 0.314 e. The van der Waals surface area contributed by atoms with E-state index in [0.29, 0.717) is 19.7 Å². The number of amides is 3. The Balaban J connectivity index is 2.69. The number of ether oxygens (including phenoxy) is 1. The Hall–Kier alpha value is -1.30. The molecule has 19 heavy (non-hydrogen) atoms. The van der Waals surface area contributed by atoms with Crippen molar-refractivity contribution in [2.45, 2.75) is 32.2 Å². The summed E-state index contributed by atoms with van der Waals surface area (Å²) in [4.78, 5) is 26.9. The zero-order valence-corrected chi connectivity index (χ0v) is 12.3. The number of hydrogen-bond acceptors (Lipinski definition) is 3. The van der Waals surface area contributed by atoms with Gasteiger partial charge in [-0.25, -0.2) is 4.79 Å². The van der Waals surface area contributed by atoms with Crippen molar-refractivity contribution >= 4 is 11.9 Å². The number of piperidine rings is 1. The van der Waals surface area contributed by atoms with Gasteiger partial charge in [0.1, 0.15) is 0 Å². The lowest BCUT2D eigenvalue weighted by Crippen LogP contribution is -2.53. The van der Waals surface area contributed by atoms with Crippen molar-refractivity contribution in [2.75, 3.05) is 33.9 Å². The van der Waals surface area contributed by atoms with Gasteiger partial charge in [0, 0.05) is 27.2 Å². The van der Waals surface area contributed by atoms with Crippen molar-refractivity contribution in [2.24, 2.45) is 11.7 Å². The fourth-order valence-electron chi connectivity index (χ4n) is 2.40. The molecule has 0 aromatic carbocycles. The molecule has 0 aromatic heterocycles. The number of likely N-dealkylation sites (N-methyl/N-ethyl adjacent to an activating group) is 1. The Morgan fingerprint density at radius 2 is 2.11 bits per heavy atom. The molecule has 0 spiro atoms. The third kappa shape index (κ3) is 3.83. The molecule has 1 heterocycles. The van der Waals surface area contributed by atoms with Crippen LogP contribution < -0.4 is 5.73 Å². The Morgan fingerprint density at radius 3 is 2.63 bits per heavy atom. The van der Waals surface area contributed by atoms with Crippen molar-refractivity contribution in [3.63, 3.8) is 0 Å². The van der Waals surface area contributed by atoms with Gasteiger partial charge in [0.15, 0.2) is 0 Å². The van der Waals surface area contributed by atoms with Crippen molar-refractivity contribution in [3.8, 4) is 0 Å². The molecular formula is C13H25N3O3. The van der Waals surface area contributed by atoms with Gasteiger partial charge in [0.25, 0.3) is 0 Å². The highest BCUT2D eigenvalue weighted by molar-refractivity contribution is 5.81. The van der Waals surface area contributed by atoms with Gasteiger partial charge < -0.3 is 20.3 Å². The third-order valence-corrected chi connectivity index (χ3v) is 3.82. The highest BCUT2D eigenvalue weighted by atomic mass is 16.5. The van der Waals surface area contributed by atoms with Crippen molar-refractivity contribution in [1.29, 1.82) is 0 Å². The summed E-state index contributed by atoms with van der Waals surface area (Å²) in [5.41, 5.74) is 4.92. The second-order valence-corrected chi connectivity index (χ2v) is 5.77. The number of urea groups is 1. The molecule has 1 aliphatic rings. The molecule has 1 atom stereocenters. The standard InChI is InChI=1S/C13H25N3O3/c1-13(2,9-19-4)15(3)11(17)10-6-5-7-16(8-10)12(14)18/h10H,5-9H2,1-4H3,(H2,14,18). The first-order valence-electron chi connectivity index (χ1n) is 6.60. The number of nitrogens with zero attached hydrogens (tertiary/aromatic N) is 2. The SMILES string of the molecule is COCC(C)(C)N(C)C(=O)C1CCCN(C(N)=O)C1.